The van der Waals surface area contributed by atoms with Crippen LogP contribution in [0.5, 0.6) is 0 Å². The normalized spacial score (nSPS) is 20.8. The van der Waals surface area contributed by atoms with Crippen molar-refractivity contribution in [3.8, 4) is 0 Å². The molecule has 1 atom stereocenters. The van der Waals surface area contributed by atoms with Crippen LogP contribution in [0.15, 0.2) is 18.3 Å². The summed E-state index contributed by atoms with van der Waals surface area (Å²) in [5.41, 5.74) is 1.50. The van der Waals surface area contributed by atoms with E-state index in [0.717, 1.165) is 24.2 Å². The van der Waals surface area contributed by atoms with Crippen molar-refractivity contribution >= 4 is 5.82 Å². The van der Waals surface area contributed by atoms with Crippen LogP contribution in [0.4, 0.5) is 5.82 Å². The number of anilines is 1. The van der Waals surface area contributed by atoms with E-state index in [4.69, 9.17) is 0 Å². The van der Waals surface area contributed by atoms with E-state index in [2.05, 4.69) is 56.6 Å². The van der Waals surface area contributed by atoms with E-state index in [9.17, 15) is 0 Å². The SMILES string of the molecule is CC(C)[C@@H]1CCN(c2ccc(C(C)(C)C)cn2)C1. The molecular weight excluding hydrogens is 220 g/mol. The molecule has 0 saturated carbocycles. The van der Waals surface area contributed by atoms with Crippen LogP contribution in [0, 0.1) is 11.8 Å². The van der Waals surface area contributed by atoms with Gasteiger partial charge >= 0.3 is 0 Å². The molecule has 0 aromatic carbocycles. The number of aromatic nitrogens is 1. The minimum atomic E-state index is 0.191. The maximum absolute atomic E-state index is 4.65. The number of hydrogen-bond acceptors (Lipinski definition) is 2. The second-order valence-corrected chi connectivity index (χ2v) is 6.89. The Kier molecular flexibility index (Phi) is 3.65. The van der Waals surface area contributed by atoms with Gasteiger partial charge in [-0.05, 0) is 35.3 Å². The van der Waals surface area contributed by atoms with Gasteiger partial charge in [0, 0.05) is 19.3 Å². The Labute approximate surface area is 111 Å². The molecule has 18 heavy (non-hydrogen) atoms. The second kappa shape index (κ2) is 4.91. The third kappa shape index (κ3) is 2.85. The number of pyridine rings is 1. The molecule has 1 aliphatic heterocycles. The Hall–Kier alpha value is -1.05. The molecule has 0 N–H and O–H groups in total. The number of hydrogen-bond donors (Lipinski definition) is 0. The molecule has 1 aromatic heterocycles. The first kappa shape index (κ1) is 13.4. The molecule has 2 heteroatoms. The molecule has 1 aromatic rings. The highest BCUT2D eigenvalue weighted by atomic mass is 15.2. The lowest BCUT2D eigenvalue weighted by atomic mass is 9.88. The van der Waals surface area contributed by atoms with Gasteiger partial charge in [-0.2, -0.15) is 0 Å². The zero-order valence-electron chi connectivity index (χ0n) is 12.4. The highest BCUT2D eigenvalue weighted by Gasteiger charge is 2.25. The minimum absolute atomic E-state index is 0.191. The fraction of sp³-hybridized carbons (Fsp3) is 0.688. The molecular formula is C16H26N2. The average Bonchev–Trinajstić information content (AvgIpc) is 2.77. The fourth-order valence-electron chi connectivity index (χ4n) is 2.56. The lowest BCUT2D eigenvalue weighted by Crippen LogP contribution is -2.22. The van der Waals surface area contributed by atoms with E-state index in [1.807, 2.05) is 6.20 Å². The van der Waals surface area contributed by atoms with Crippen molar-refractivity contribution in [2.24, 2.45) is 11.8 Å². The van der Waals surface area contributed by atoms with E-state index in [0.29, 0.717) is 0 Å². The first-order valence-electron chi connectivity index (χ1n) is 7.09. The Morgan fingerprint density at radius 3 is 2.44 bits per heavy atom. The molecule has 1 fully saturated rings. The highest BCUT2D eigenvalue weighted by molar-refractivity contribution is 5.41. The molecule has 1 aliphatic rings. The van der Waals surface area contributed by atoms with Gasteiger partial charge in [0.15, 0.2) is 0 Å². The van der Waals surface area contributed by atoms with Gasteiger partial charge in [0.1, 0.15) is 5.82 Å². The van der Waals surface area contributed by atoms with Crippen molar-refractivity contribution in [3.05, 3.63) is 23.9 Å². The van der Waals surface area contributed by atoms with Gasteiger partial charge in [-0.25, -0.2) is 4.98 Å². The van der Waals surface area contributed by atoms with E-state index in [1.54, 1.807) is 0 Å². The van der Waals surface area contributed by atoms with Crippen LogP contribution in [0.1, 0.15) is 46.6 Å². The molecule has 100 valence electrons. The Bertz CT molecular complexity index is 387. The van der Waals surface area contributed by atoms with Crippen molar-refractivity contribution in [2.45, 2.75) is 46.5 Å². The van der Waals surface area contributed by atoms with Gasteiger partial charge < -0.3 is 4.90 Å². The van der Waals surface area contributed by atoms with Crippen molar-refractivity contribution in [1.82, 2.24) is 4.98 Å². The summed E-state index contributed by atoms with van der Waals surface area (Å²) < 4.78 is 0. The summed E-state index contributed by atoms with van der Waals surface area (Å²) in [4.78, 5) is 7.07. The van der Waals surface area contributed by atoms with E-state index in [-0.39, 0.29) is 5.41 Å². The van der Waals surface area contributed by atoms with Crippen LogP contribution < -0.4 is 4.90 Å². The number of nitrogens with zero attached hydrogens (tertiary/aromatic N) is 2. The van der Waals surface area contributed by atoms with Crippen LogP contribution in [0.2, 0.25) is 0 Å². The molecule has 2 rings (SSSR count). The maximum Gasteiger partial charge on any atom is 0.128 e. The third-order valence-corrected chi connectivity index (χ3v) is 4.11. The van der Waals surface area contributed by atoms with Crippen LogP contribution in [0.25, 0.3) is 0 Å². The average molecular weight is 246 g/mol. The van der Waals surface area contributed by atoms with Gasteiger partial charge in [-0.15, -0.1) is 0 Å². The van der Waals surface area contributed by atoms with Gasteiger partial charge in [-0.1, -0.05) is 40.7 Å². The predicted octanol–water partition coefficient (Wildman–Crippen LogP) is 3.86. The first-order chi connectivity index (χ1) is 8.38. The zero-order valence-corrected chi connectivity index (χ0v) is 12.4. The summed E-state index contributed by atoms with van der Waals surface area (Å²) in [5, 5.41) is 0. The topological polar surface area (TPSA) is 16.1 Å². The summed E-state index contributed by atoms with van der Waals surface area (Å²) in [6.45, 7) is 13.7. The second-order valence-electron chi connectivity index (χ2n) is 6.89. The summed E-state index contributed by atoms with van der Waals surface area (Å²) in [5.74, 6) is 2.75. The predicted molar refractivity (Wildman–Crippen MR) is 78.1 cm³/mol. The van der Waals surface area contributed by atoms with Gasteiger partial charge in [0.05, 0.1) is 0 Å². The van der Waals surface area contributed by atoms with E-state index in [1.165, 1.54) is 18.5 Å². The number of rotatable bonds is 2. The first-order valence-corrected chi connectivity index (χ1v) is 7.09. The van der Waals surface area contributed by atoms with Crippen LogP contribution in [-0.4, -0.2) is 18.1 Å². The maximum atomic E-state index is 4.65. The molecule has 2 heterocycles. The van der Waals surface area contributed by atoms with Gasteiger partial charge in [-0.3, -0.25) is 0 Å². The summed E-state index contributed by atoms with van der Waals surface area (Å²) in [6.07, 6.45) is 3.35. The van der Waals surface area contributed by atoms with Crippen LogP contribution >= 0.6 is 0 Å². The fourth-order valence-corrected chi connectivity index (χ4v) is 2.56. The van der Waals surface area contributed by atoms with Crippen LogP contribution in [-0.2, 0) is 5.41 Å². The molecule has 0 unspecified atom stereocenters. The lowest BCUT2D eigenvalue weighted by Gasteiger charge is -2.22. The van der Waals surface area contributed by atoms with E-state index < -0.39 is 0 Å². The molecule has 1 saturated heterocycles. The minimum Gasteiger partial charge on any atom is -0.356 e. The molecule has 0 amide bonds. The summed E-state index contributed by atoms with van der Waals surface area (Å²) in [7, 11) is 0. The third-order valence-electron chi connectivity index (χ3n) is 4.11. The Morgan fingerprint density at radius 2 is 2.00 bits per heavy atom. The van der Waals surface area contributed by atoms with Crippen LogP contribution in [0.3, 0.4) is 0 Å². The molecule has 2 nitrogen and oxygen atoms in total. The van der Waals surface area contributed by atoms with Gasteiger partial charge in [0.25, 0.3) is 0 Å². The molecule has 0 spiro atoms. The van der Waals surface area contributed by atoms with Crippen molar-refractivity contribution in [3.63, 3.8) is 0 Å². The quantitative estimate of drug-likeness (QED) is 0.787. The Balaban J connectivity index is 2.07. The lowest BCUT2D eigenvalue weighted by molar-refractivity contribution is 0.422. The van der Waals surface area contributed by atoms with Crippen molar-refractivity contribution < 1.29 is 0 Å². The molecule has 0 bridgehead atoms. The smallest absolute Gasteiger partial charge is 0.128 e. The van der Waals surface area contributed by atoms with Crippen molar-refractivity contribution in [2.75, 3.05) is 18.0 Å². The van der Waals surface area contributed by atoms with Gasteiger partial charge in [0.2, 0.25) is 0 Å². The molecule has 0 radical (unpaired) electrons. The zero-order chi connectivity index (χ0) is 13.3. The standard InChI is InChI=1S/C16H26N2/c1-12(2)13-8-9-18(11-13)15-7-6-14(10-17-15)16(3,4)5/h6-7,10,12-13H,8-9,11H2,1-5H3/t13-/m1/s1. The molecule has 0 aliphatic carbocycles. The Morgan fingerprint density at radius 1 is 1.28 bits per heavy atom. The summed E-state index contributed by atoms with van der Waals surface area (Å²) in [6, 6.07) is 4.41. The van der Waals surface area contributed by atoms with Crippen molar-refractivity contribution in [1.29, 1.82) is 0 Å². The largest absolute Gasteiger partial charge is 0.356 e. The van der Waals surface area contributed by atoms with E-state index >= 15 is 0 Å². The summed E-state index contributed by atoms with van der Waals surface area (Å²) >= 11 is 0. The highest BCUT2D eigenvalue weighted by Crippen LogP contribution is 2.28. The monoisotopic (exact) mass is 246 g/mol.